The molecule has 0 aromatic heterocycles. The fourth-order valence-corrected chi connectivity index (χ4v) is 2.07. The zero-order valence-electron chi connectivity index (χ0n) is 12.1. The van der Waals surface area contributed by atoms with E-state index in [0.29, 0.717) is 0 Å². The van der Waals surface area contributed by atoms with Gasteiger partial charge in [0.05, 0.1) is 0 Å². The van der Waals surface area contributed by atoms with Gasteiger partial charge in [0.1, 0.15) is 0 Å². The van der Waals surface area contributed by atoms with Crippen molar-refractivity contribution in [3.8, 4) is 0 Å². The summed E-state index contributed by atoms with van der Waals surface area (Å²) in [4.78, 5) is 0. The fourth-order valence-electron chi connectivity index (χ4n) is 1.75. The standard InChI is InChI=1S/C16H29Br/c1-14(2)16(4)12-7-5-6-10-15(3)11-8-9-13-17/h11H,5-10,12-13H2,1-4H3/b15-11+. The Morgan fingerprint density at radius 2 is 1.53 bits per heavy atom. The van der Waals surface area contributed by atoms with Crippen LogP contribution in [0, 0.1) is 0 Å². The topological polar surface area (TPSA) is 0 Å². The van der Waals surface area contributed by atoms with Crippen LogP contribution >= 0.6 is 15.9 Å². The van der Waals surface area contributed by atoms with Crippen LogP contribution in [0.5, 0.6) is 0 Å². The smallest absolute Gasteiger partial charge is 0.00342 e. The monoisotopic (exact) mass is 300 g/mol. The van der Waals surface area contributed by atoms with Crippen LogP contribution in [-0.2, 0) is 0 Å². The predicted molar refractivity (Wildman–Crippen MR) is 83.9 cm³/mol. The number of hydrogen-bond donors (Lipinski definition) is 0. The molecule has 17 heavy (non-hydrogen) atoms. The Bertz CT molecular complexity index is 244. The zero-order chi connectivity index (χ0) is 13.1. The highest BCUT2D eigenvalue weighted by atomic mass is 79.9. The molecule has 0 heterocycles. The SMILES string of the molecule is CC(C)=C(C)CCCCC/C(C)=C/CCCBr. The number of unbranched alkanes of at least 4 members (excludes halogenated alkanes) is 3. The van der Waals surface area contributed by atoms with E-state index in [9.17, 15) is 0 Å². The van der Waals surface area contributed by atoms with Crippen molar-refractivity contribution in [2.75, 3.05) is 5.33 Å². The molecule has 0 amide bonds. The van der Waals surface area contributed by atoms with Crippen LogP contribution in [0.15, 0.2) is 22.8 Å². The van der Waals surface area contributed by atoms with E-state index >= 15 is 0 Å². The number of rotatable bonds is 9. The van der Waals surface area contributed by atoms with E-state index in [4.69, 9.17) is 0 Å². The molecule has 0 rings (SSSR count). The minimum absolute atomic E-state index is 1.12. The van der Waals surface area contributed by atoms with E-state index in [2.05, 4.69) is 49.7 Å². The molecule has 0 N–H and O–H groups in total. The number of hydrogen-bond acceptors (Lipinski definition) is 0. The summed E-state index contributed by atoms with van der Waals surface area (Å²) in [5, 5.41) is 1.12. The normalized spacial score (nSPS) is 11.7. The van der Waals surface area contributed by atoms with Crippen molar-refractivity contribution in [1.29, 1.82) is 0 Å². The highest BCUT2D eigenvalue weighted by Crippen LogP contribution is 2.15. The van der Waals surface area contributed by atoms with Gasteiger partial charge in [-0.05, 0) is 66.2 Å². The van der Waals surface area contributed by atoms with Gasteiger partial charge in [-0.3, -0.25) is 0 Å². The van der Waals surface area contributed by atoms with Crippen molar-refractivity contribution in [3.63, 3.8) is 0 Å². The van der Waals surface area contributed by atoms with E-state index in [-0.39, 0.29) is 0 Å². The Morgan fingerprint density at radius 3 is 2.12 bits per heavy atom. The molecule has 0 atom stereocenters. The summed E-state index contributed by atoms with van der Waals surface area (Å²) < 4.78 is 0. The predicted octanol–water partition coefficient (Wildman–Crippen LogP) is 6.41. The van der Waals surface area contributed by atoms with E-state index in [1.165, 1.54) is 50.5 Å². The Morgan fingerprint density at radius 1 is 0.882 bits per heavy atom. The molecular weight excluding hydrogens is 272 g/mol. The average molecular weight is 301 g/mol. The Hall–Kier alpha value is -0.0400. The van der Waals surface area contributed by atoms with Crippen LogP contribution < -0.4 is 0 Å². The molecule has 0 nitrogen and oxygen atoms in total. The van der Waals surface area contributed by atoms with Crippen molar-refractivity contribution < 1.29 is 0 Å². The molecule has 0 saturated heterocycles. The molecule has 1 heteroatoms. The lowest BCUT2D eigenvalue weighted by molar-refractivity contribution is 0.669. The van der Waals surface area contributed by atoms with Crippen LogP contribution in [0.4, 0.5) is 0 Å². The van der Waals surface area contributed by atoms with Crippen LogP contribution in [0.25, 0.3) is 0 Å². The lowest BCUT2D eigenvalue weighted by Crippen LogP contribution is -1.84. The minimum atomic E-state index is 1.12. The molecule has 0 unspecified atom stereocenters. The second kappa shape index (κ2) is 11.1. The first-order chi connectivity index (χ1) is 8.07. The van der Waals surface area contributed by atoms with Crippen molar-refractivity contribution in [2.45, 2.75) is 72.6 Å². The summed E-state index contributed by atoms with van der Waals surface area (Å²) in [6.45, 7) is 8.97. The van der Waals surface area contributed by atoms with Gasteiger partial charge in [-0.1, -0.05) is 45.1 Å². The van der Waals surface area contributed by atoms with E-state index in [0.717, 1.165) is 5.33 Å². The first kappa shape index (κ1) is 17.0. The van der Waals surface area contributed by atoms with Crippen molar-refractivity contribution >= 4 is 15.9 Å². The molecular formula is C16H29Br. The molecule has 0 aliphatic heterocycles. The Kier molecular flexibility index (Phi) is 11.0. The lowest BCUT2D eigenvalue weighted by atomic mass is 10.0. The van der Waals surface area contributed by atoms with E-state index in [1.54, 1.807) is 11.1 Å². The van der Waals surface area contributed by atoms with Gasteiger partial charge in [0, 0.05) is 5.33 Å². The zero-order valence-corrected chi connectivity index (χ0v) is 13.7. The Labute approximate surface area is 117 Å². The second-order valence-corrected chi connectivity index (χ2v) is 6.02. The molecule has 0 aliphatic rings. The van der Waals surface area contributed by atoms with Gasteiger partial charge in [-0.2, -0.15) is 0 Å². The van der Waals surface area contributed by atoms with Crippen LogP contribution in [0.3, 0.4) is 0 Å². The molecule has 0 spiro atoms. The molecule has 100 valence electrons. The van der Waals surface area contributed by atoms with Gasteiger partial charge < -0.3 is 0 Å². The Balaban J connectivity index is 3.51. The first-order valence-corrected chi connectivity index (χ1v) is 8.04. The van der Waals surface area contributed by atoms with Gasteiger partial charge in [0.2, 0.25) is 0 Å². The molecule has 0 aromatic carbocycles. The molecule has 0 aromatic rings. The molecule has 0 fully saturated rings. The second-order valence-electron chi connectivity index (χ2n) is 5.22. The van der Waals surface area contributed by atoms with Crippen LogP contribution in [0.1, 0.15) is 72.6 Å². The van der Waals surface area contributed by atoms with Crippen molar-refractivity contribution in [2.24, 2.45) is 0 Å². The van der Waals surface area contributed by atoms with Gasteiger partial charge in [0.25, 0.3) is 0 Å². The summed E-state index contributed by atoms with van der Waals surface area (Å²) in [6.07, 6.45) is 11.5. The lowest BCUT2D eigenvalue weighted by Gasteiger charge is -2.04. The average Bonchev–Trinajstić information content (AvgIpc) is 2.28. The largest absolute Gasteiger partial charge is 0.0928 e. The maximum atomic E-state index is 3.46. The van der Waals surface area contributed by atoms with Gasteiger partial charge in [0.15, 0.2) is 0 Å². The van der Waals surface area contributed by atoms with Crippen molar-refractivity contribution in [1.82, 2.24) is 0 Å². The van der Waals surface area contributed by atoms with Gasteiger partial charge in [-0.25, -0.2) is 0 Å². The number of alkyl halides is 1. The molecule has 0 saturated carbocycles. The summed E-state index contributed by atoms with van der Waals surface area (Å²) in [5.74, 6) is 0. The van der Waals surface area contributed by atoms with Crippen LogP contribution in [0.2, 0.25) is 0 Å². The quantitative estimate of drug-likeness (QED) is 0.262. The molecule has 0 bridgehead atoms. The fraction of sp³-hybridized carbons (Fsp3) is 0.750. The molecule has 0 radical (unpaired) electrons. The third-order valence-electron chi connectivity index (χ3n) is 3.31. The van der Waals surface area contributed by atoms with E-state index < -0.39 is 0 Å². The minimum Gasteiger partial charge on any atom is -0.0928 e. The van der Waals surface area contributed by atoms with Gasteiger partial charge >= 0.3 is 0 Å². The number of allylic oxidation sites excluding steroid dienone is 4. The van der Waals surface area contributed by atoms with E-state index in [1.807, 2.05) is 0 Å². The highest BCUT2D eigenvalue weighted by Gasteiger charge is 1.95. The third kappa shape index (κ3) is 10.8. The summed E-state index contributed by atoms with van der Waals surface area (Å²) in [5.41, 5.74) is 4.65. The summed E-state index contributed by atoms with van der Waals surface area (Å²) in [7, 11) is 0. The maximum Gasteiger partial charge on any atom is 0.00342 e. The maximum absolute atomic E-state index is 3.46. The summed E-state index contributed by atoms with van der Waals surface area (Å²) in [6, 6.07) is 0. The summed E-state index contributed by atoms with van der Waals surface area (Å²) >= 11 is 3.46. The highest BCUT2D eigenvalue weighted by molar-refractivity contribution is 9.09. The van der Waals surface area contributed by atoms with Crippen molar-refractivity contribution in [3.05, 3.63) is 22.8 Å². The molecule has 0 aliphatic carbocycles. The first-order valence-electron chi connectivity index (χ1n) is 6.92. The van der Waals surface area contributed by atoms with Crippen LogP contribution in [-0.4, -0.2) is 5.33 Å². The number of halogens is 1. The third-order valence-corrected chi connectivity index (χ3v) is 3.87. The van der Waals surface area contributed by atoms with Gasteiger partial charge in [-0.15, -0.1) is 0 Å².